The Balaban J connectivity index is 2.32. The molecule has 0 saturated carbocycles. The lowest BCUT2D eigenvalue weighted by Gasteiger charge is -2.10. The highest BCUT2D eigenvalue weighted by Crippen LogP contribution is 2.30. The van der Waals surface area contributed by atoms with Gasteiger partial charge < -0.3 is 5.11 Å². The standard InChI is InChI=1S/C16H15BrN2O/c1-10-4-3-5-14-18-15(16(11(2)20)19(10)14)12-6-8-13(17)9-7-12/h3-9,11,20H,1-2H3. The number of aliphatic hydroxyl groups excluding tert-OH is 1. The maximum absolute atomic E-state index is 10.2. The zero-order valence-electron chi connectivity index (χ0n) is 11.3. The number of halogens is 1. The van der Waals surface area contributed by atoms with Crippen LogP contribution in [0.4, 0.5) is 0 Å². The van der Waals surface area contributed by atoms with Crippen molar-refractivity contribution in [3.05, 3.63) is 58.3 Å². The Bertz CT molecular complexity index is 760. The number of aliphatic hydroxyl groups is 1. The fraction of sp³-hybridized carbons (Fsp3) is 0.188. The molecule has 0 saturated heterocycles. The average Bonchev–Trinajstić information content (AvgIpc) is 2.80. The maximum Gasteiger partial charge on any atom is 0.137 e. The van der Waals surface area contributed by atoms with Crippen molar-refractivity contribution in [3.63, 3.8) is 0 Å². The summed E-state index contributed by atoms with van der Waals surface area (Å²) in [6, 6.07) is 13.9. The van der Waals surface area contributed by atoms with Gasteiger partial charge >= 0.3 is 0 Å². The van der Waals surface area contributed by atoms with Crippen molar-refractivity contribution in [1.29, 1.82) is 0 Å². The number of benzene rings is 1. The van der Waals surface area contributed by atoms with E-state index in [1.54, 1.807) is 6.92 Å². The van der Waals surface area contributed by atoms with Gasteiger partial charge in [0.2, 0.25) is 0 Å². The highest BCUT2D eigenvalue weighted by molar-refractivity contribution is 9.10. The smallest absolute Gasteiger partial charge is 0.137 e. The first-order valence-electron chi connectivity index (χ1n) is 6.50. The lowest BCUT2D eigenvalue weighted by molar-refractivity contribution is 0.194. The number of aromatic nitrogens is 2. The topological polar surface area (TPSA) is 37.5 Å². The third-order valence-electron chi connectivity index (χ3n) is 3.39. The molecule has 0 radical (unpaired) electrons. The van der Waals surface area contributed by atoms with Gasteiger partial charge in [0, 0.05) is 15.7 Å². The quantitative estimate of drug-likeness (QED) is 0.767. The van der Waals surface area contributed by atoms with Gasteiger partial charge in [-0.3, -0.25) is 4.40 Å². The predicted molar refractivity (Wildman–Crippen MR) is 83.7 cm³/mol. The average molecular weight is 331 g/mol. The molecule has 4 heteroatoms. The normalized spacial score (nSPS) is 12.8. The van der Waals surface area contributed by atoms with E-state index in [4.69, 9.17) is 0 Å². The number of pyridine rings is 1. The van der Waals surface area contributed by atoms with Crippen LogP contribution in [-0.2, 0) is 0 Å². The summed E-state index contributed by atoms with van der Waals surface area (Å²) in [4.78, 5) is 4.68. The lowest BCUT2D eigenvalue weighted by Crippen LogP contribution is -2.02. The molecule has 1 aromatic carbocycles. The fourth-order valence-electron chi connectivity index (χ4n) is 2.49. The van der Waals surface area contributed by atoms with Crippen molar-refractivity contribution in [2.75, 3.05) is 0 Å². The first-order valence-corrected chi connectivity index (χ1v) is 7.29. The molecule has 3 rings (SSSR count). The zero-order chi connectivity index (χ0) is 14.3. The molecular formula is C16H15BrN2O. The molecule has 20 heavy (non-hydrogen) atoms. The number of nitrogens with zero attached hydrogens (tertiary/aromatic N) is 2. The Hall–Kier alpha value is -1.65. The lowest BCUT2D eigenvalue weighted by atomic mass is 10.1. The number of hydrogen-bond donors (Lipinski definition) is 1. The molecule has 2 heterocycles. The third-order valence-corrected chi connectivity index (χ3v) is 3.92. The molecule has 0 aliphatic carbocycles. The van der Waals surface area contributed by atoms with Crippen LogP contribution in [-0.4, -0.2) is 14.5 Å². The Kier molecular flexibility index (Phi) is 3.36. The SMILES string of the molecule is Cc1cccc2nc(-c3ccc(Br)cc3)c(C(C)O)n12. The van der Waals surface area contributed by atoms with Crippen LogP contribution in [0, 0.1) is 6.92 Å². The van der Waals surface area contributed by atoms with E-state index in [1.165, 1.54) is 0 Å². The van der Waals surface area contributed by atoms with Crippen molar-refractivity contribution < 1.29 is 5.11 Å². The molecule has 1 N–H and O–H groups in total. The van der Waals surface area contributed by atoms with E-state index in [9.17, 15) is 5.11 Å². The molecule has 1 unspecified atom stereocenters. The van der Waals surface area contributed by atoms with Crippen molar-refractivity contribution in [1.82, 2.24) is 9.38 Å². The van der Waals surface area contributed by atoms with Crippen LogP contribution in [0.1, 0.15) is 24.4 Å². The van der Waals surface area contributed by atoms with Crippen LogP contribution < -0.4 is 0 Å². The van der Waals surface area contributed by atoms with Gasteiger partial charge in [-0.1, -0.05) is 34.1 Å². The van der Waals surface area contributed by atoms with E-state index in [2.05, 4.69) is 20.9 Å². The highest BCUT2D eigenvalue weighted by Gasteiger charge is 2.18. The molecule has 0 amide bonds. The minimum absolute atomic E-state index is 0.579. The largest absolute Gasteiger partial charge is 0.387 e. The molecule has 102 valence electrons. The van der Waals surface area contributed by atoms with Gasteiger partial charge in [0.05, 0.1) is 17.5 Å². The van der Waals surface area contributed by atoms with Gasteiger partial charge in [0.25, 0.3) is 0 Å². The molecule has 0 spiro atoms. The summed E-state index contributed by atoms with van der Waals surface area (Å²) in [7, 11) is 0. The second-order valence-corrected chi connectivity index (χ2v) is 5.80. The second-order valence-electron chi connectivity index (χ2n) is 4.89. The van der Waals surface area contributed by atoms with Gasteiger partial charge in [-0.05, 0) is 38.1 Å². The molecule has 3 nitrogen and oxygen atoms in total. The number of aryl methyl sites for hydroxylation is 1. The maximum atomic E-state index is 10.2. The second kappa shape index (κ2) is 5.04. The van der Waals surface area contributed by atoms with E-state index < -0.39 is 6.10 Å². The van der Waals surface area contributed by atoms with Gasteiger partial charge in [-0.2, -0.15) is 0 Å². The monoisotopic (exact) mass is 330 g/mol. The molecule has 3 aromatic rings. The molecule has 1 atom stereocenters. The van der Waals surface area contributed by atoms with E-state index in [0.717, 1.165) is 32.8 Å². The minimum Gasteiger partial charge on any atom is -0.387 e. The van der Waals surface area contributed by atoms with Crippen molar-refractivity contribution >= 4 is 21.6 Å². The summed E-state index contributed by atoms with van der Waals surface area (Å²) in [5.41, 5.74) is 4.60. The molecule has 0 aliphatic rings. The van der Waals surface area contributed by atoms with Crippen molar-refractivity contribution in [3.8, 4) is 11.3 Å². The number of fused-ring (bicyclic) bond motifs is 1. The van der Waals surface area contributed by atoms with E-state index in [0.29, 0.717) is 0 Å². The summed E-state index contributed by atoms with van der Waals surface area (Å²) in [5, 5.41) is 10.2. The minimum atomic E-state index is -0.579. The Morgan fingerprint density at radius 2 is 1.85 bits per heavy atom. The van der Waals surface area contributed by atoms with Gasteiger partial charge in [-0.25, -0.2) is 4.98 Å². The Morgan fingerprint density at radius 1 is 1.15 bits per heavy atom. The number of imidazole rings is 1. The van der Waals surface area contributed by atoms with Crippen molar-refractivity contribution in [2.45, 2.75) is 20.0 Å². The van der Waals surface area contributed by atoms with Gasteiger partial charge in [0.15, 0.2) is 0 Å². The summed E-state index contributed by atoms with van der Waals surface area (Å²) >= 11 is 3.44. The van der Waals surface area contributed by atoms with Crippen LogP contribution in [0.15, 0.2) is 46.9 Å². The summed E-state index contributed by atoms with van der Waals surface area (Å²) in [5.74, 6) is 0. The van der Waals surface area contributed by atoms with Crippen LogP contribution in [0.3, 0.4) is 0 Å². The molecular weight excluding hydrogens is 316 g/mol. The molecule has 0 bridgehead atoms. The summed E-state index contributed by atoms with van der Waals surface area (Å²) < 4.78 is 3.04. The first kappa shape index (κ1) is 13.3. The van der Waals surface area contributed by atoms with Crippen LogP contribution in [0.2, 0.25) is 0 Å². The van der Waals surface area contributed by atoms with Crippen LogP contribution in [0.5, 0.6) is 0 Å². The number of hydrogen-bond acceptors (Lipinski definition) is 2. The molecule has 2 aromatic heterocycles. The number of rotatable bonds is 2. The van der Waals surface area contributed by atoms with Crippen LogP contribution in [0.25, 0.3) is 16.9 Å². The Morgan fingerprint density at radius 3 is 2.50 bits per heavy atom. The van der Waals surface area contributed by atoms with E-state index >= 15 is 0 Å². The molecule has 0 fully saturated rings. The van der Waals surface area contributed by atoms with Crippen LogP contribution >= 0.6 is 15.9 Å². The first-order chi connectivity index (χ1) is 9.58. The summed E-state index contributed by atoms with van der Waals surface area (Å²) in [6.45, 7) is 3.80. The zero-order valence-corrected chi connectivity index (χ0v) is 12.9. The van der Waals surface area contributed by atoms with Gasteiger partial charge in [-0.15, -0.1) is 0 Å². The van der Waals surface area contributed by atoms with Gasteiger partial charge in [0.1, 0.15) is 5.65 Å². The Labute approximate surface area is 126 Å². The third kappa shape index (κ3) is 2.15. The van der Waals surface area contributed by atoms with E-state index in [1.807, 2.05) is 53.8 Å². The summed E-state index contributed by atoms with van der Waals surface area (Å²) in [6.07, 6.45) is -0.579. The van der Waals surface area contributed by atoms with Crippen molar-refractivity contribution in [2.24, 2.45) is 0 Å². The van der Waals surface area contributed by atoms with E-state index in [-0.39, 0.29) is 0 Å². The highest BCUT2D eigenvalue weighted by atomic mass is 79.9. The fourth-order valence-corrected chi connectivity index (χ4v) is 2.75. The predicted octanol–water partition coefficient (Wildman–Crippen LogP) is 4.13. The molecule has 0 aliphatic heterocycles.